The number of carbonyl (C=O) groups excluding carboxylic acids is 2. The first-order valence-corrected chi connectivity index (χ1v) is 10.7. The van der Waals surface area contributed by atoms with Gasteiger partial charge < -0.3 is 10.2 Å². The van der Waals surface area contributed by atoms with Crippen molar-refractivity contribution in [1.29, 1.82) is 5.26 Å². The summed E-state index contributed by atoms with van der Waals surface area (Å²) in [7, 11) is 1.70. The molecule has 33 heavy (non-hydrogen) atoms. The molecule has 1 aromatic carbocycles. The normalized spacial score (nSPS) is 15.1. The summed E-state index contributed by atoms with van der Waals surface area (Å²) in [6.45, 7) is 2.34. The molecule has 3 aromatic rings. The lowest BCUT2D eigenvalue weighted by Crippen LogP contribution is -2.35. The fraction of sp³-hybridized carbons (Fsp3) is 0.240. The van der Waals surface area contributed by atoms with Gasteiger partial charge in [0.15, 0.2) is 5.65 Å². The van der Waals surface area contributed by atoms with Gasteiger partial charge in [0, 0.05) is 38.2 Å². The number of aromatic nitrogens is 3. The van der Waals surface area contributed by atoms with Crippen molar-refractivity contribution in [2.75, 3.05) is 20.1 Å². The van der Waals surface area contributed by atoms with E-state index in [0.717, 1.165) is 28.2 Å². The SMILES string of the molecule is CC(=O)N(C)CCNC(=O)c1ccc(-c2ccc3ncc(C4=CCC(C#N)C=C4)n3n2)cc1. The second-order valence-electron chi connectivity index (χ2n) is 7.90. The van der Waals surface area contributed by atoms with Gasteiger partial charge in [0.25, 0.3) is 5.91 Å². The Morgan fingerprint density at radius 3 is 2.70 bits per heavy atom. The van der Waals surface area contributed by atoms with Crippen molar-refractivity contribution in [3.05, 3.63) is 72.1 Å². The van der Waals surface area contributed by atoms with Crippen LogP contribution in [0.3, 0.4) is 0 Å². The number of fused-ring (bicyclic) bond motifs is 1. The zero-order valence-electron chi connectivity index (χ0n) is 18.5. The summed E-state index contributed by atoms with van der Waals surface area (Å²) in [6, 6.07) is 13.3. The Morgan fingerprint density at radius 2 is 2.03 bits per heavy atom. The quantitative estimate of drug-likeness (QED) is 0.634. The predicted molar refractivity (Wildman–Crippen MR) is 125 cm³/mol. The molecule has 1 aliphatic carbocycles. The summed E-state index contributed by atoms with van der Waals surface area (Å²) in [6.07, 6.45) is 8.33. The molecule has 0 bridgehead atoms. The van der Waals surface area contributed by atoms with Crippen LogP contribution in [0, 0.1) is 17.2 Å². The van der Waals surface area contributed by atoms with Crippen LogP contribution in [-0.2, 0) is 4.79 Å². The molecule has 0 spiro atoms. The highest BCUT2D eigenvalue weighted by molar-refractivity contribution is 5.94. The summed E-state index contributed by atoms with van der Waals surface area (Å²) in [5.74, 6) is -0.325. The zero-order chi connectivity index (χ0) is 23.4. The fourth-order valence-electron chi connectivity index (χ4n) is 3.52. The monoisotopic (exact) mass is 440 g/mol. The van der Waals surface area contributed by atoms with E-state index >= 15 is 0 Å². The number of hydrogen-bond donors (Lipinski definition) is 1. The maximum atomic E-state index is 12.4. The number of allylic oxidation sites excluding steroid dienone is 4. The number of nitrogens with one attached hydrogen (secondary N) is 1. The van der Waals surface area contributed by atoms with Gasteiger partial charge in [-0.3, -0.25) is 9.59 Å². The number of likely N-dealkylation sites (N-methyl/N-ethyl adjacent to an activating group) is 1. The standard InChI is InChI=1S/C25H24N6O2/c1-17(32)30(2)14-13-27-25(33)21-9-7-19(8-10-21)22-11-12-24-28-16-23(31(24)29-22)20-5-3-18(15-26)4-6-20/h3,5-12,16,18H,4,13-14H2,1-2H3,(H,27,33). The first-order valence-electron chi connectivity index (χ1n) is 10.7. The second-order valence-corrected chi connectivity index (χ2v) is 7.90. The van der Waals surface area contributed by atoms with E-state index in [4.69, 9.17) is 10.4 Å². The largest absolute Gasteiger partial charge is 0.350 e. The molecule has 166 valence electrons. The lowest BCUT2D eigenvalue weighted by Gasteiger charge is -2.15. The summed E-state index contributed by atoms with van der Waals surface area (Å²) in [4.78, 5) is 29.6. The molecule has 1 aliphatic rings. The maximum absolute atomic E-state index is 12.4. The Morgan fingerprint density at radius 1 is 1.24 bits per heavy atom. The second kappa shape index (κ2) is 9.49. The van der Waals surface area contributed by atoms with Crippen LogP contribution >= 0.6 is 0 Å². The van der Waals surface area contributed by atoms with E-state index in [1.54, 1.807) is 34.8 Å². The minimum absolute atomic E-state index is 0.0405. The van der Waals surface area contributed by atoms with Gasteiger partial charge in [0.1, 0.15) is 0 Å². The number of nitrogens with zero attached hydrogens (tertiary/aromatic N) is 5. The average molecular weight is 441 g/mol. The first-order chi connectivity index (χ1) is 16.0. The molecule has 0 radical (unpaired) electrons. The smallest absolute Gasteiger partial charge is 0.251 e. The van der Waals surface area contributed by atoms with Gasteiger partial charge >= 0.3 is 0 Å². The van der Waals surface area contributed by atoms with Crippen LogP contribution in [0.2, 0.25) is 0 Å². The zero-order valence-corrected chi connectivity index (χ0v) is 18.5. The molecule has 8 heteroatoms. The number of imidazole rings is 1. The van der Waals surface area contributed by atoms with Gasteiger partial charge in [0.05, 0.1) is 29.6 Å². The van der Waals surface area contributed by atoms with Crippen molar-refractivity contribution in [3.8, 4) is 17.3 Å². The number of rotatable bonds is 6. The topological polar surface area (TPSA) is 103 Å². The molecule has 1 atom stereocenters. The third-order valence-electron chi connectivity index (χ3n) is 5.64. The van der Waals surface area contributed by atoms with E-state index in [1.165, 1.54) is 6.92 Å². The van der Waals surface area contributed by atoms with E-state index in [9.17, 15) is 9.59 Å². The van der Waals surface area contributed by atoms with Gasteiger partial charge in [-0.05, 0) is 36.3 Å². The molecule has 0 saturated heterocycles. The highest BCUT2D eigenvalue weighted by Crippen LogP contribution is 2.25. The molecule has 4 rings (SSSR count). The van der Waals surface area contributed by atoms with Gasteiger partial charge in [0.2, 0.25) is 5.91 Å². The van der Waals surface area contributed by atoms with Gasteiger partial charge in [-0.2, -0.15) is 10.4 Å². The van der Waals surface area contributed by atoms with Crippen molar-refractivity contribution in [3.63, 3.8) is 0 Å². The minimum Gasteiger partial charge on any atom is -0.350 e. The Hall–Kier alpha value is -4.25. The molecule has 1 unspecified atom stereocenters. The first kappa shape index (κ1) is 22.0. The summed E-state index contributed by atoms with van der Waals surface area (Å²) in [5, 5.41) is 16.7. The molecule has 2 amide bonds. The Labute approximate surface area is 191 Å². The molecule has 1 N–H and O–H groups in total. The van der Waals surface area contributed by atoms with Gasteiger partial charge in [-0.15, -0.1) is 0 Å². The van der Waals surface area contributed by atoms with Crippen LogP contribution in [-0.4, -0.2) is 51.4 Å². The lowest BCUT2D eigenvalue weighted by atomic mass is 9.97. The van der Waals surface area contributed by atoms with E-state index < -0.39 is 0 Å². The highest BCUT2D eigenvalue weighted by Gasteiger charge is 2.14. The average Bonchev–Trinajstić information content (AvgIpc) is 3.27. The van der Waals surface area contributed by atoms with Crippen LogP contribution in [0.4, 0.5) is 0 Å². The molecule has 2 heterocycles. The van der Waals surface area contributed by atoms with Gasteiger partial charge in [-0.1, -0.05) is 30.4 Å². The molecule has 0 saturated carbocycles. The lowest BCUT2D eigenvalue weighted by molar-refractivity contribution is -0.127. The summed E-state index contributed by atoms with van der Waals surface area (Å²) >= 11 is 0. The molecule has 8 nitrogen and oxygen atoms in total. The van der Waals surface area contributed by atoms with Crippen LogP contribution in [0.5, 0.6) is 0 Å². The van der Waals surface area contributed by atoms with Crippen LogP contribution in [0.15, 0.2) is 60.8 Å². The number of benzene rings is 1. The number of nitriles is 1. The van der Waals surface area contributed by atoms with Crippen molar-refractivity contribution < 1.29 is 9.59 Å². The minimum atomic E-state index is -0.189. The summed E-state index contributed by atoms with van der Waals surface area (Å²) in [5.41, 5.74) is 4.76. The van der Waals surface area contributed by atoms with E-state index in [1.807, 2.05) is 42.5 Å². The van der Waals surface area contributed by atoms with Crippen molar-refractivity contribution in [2.24, 2.45) is 5.92 Å². The van der Waals surface area contributed by atoms with E-state index in [2.05, 4.69) is 16.4 Å². The van der Waals surface area contributed by atoms with E-state index in [-0.39, 0.29) is 17.7 Å². The number of carbonyl (C=O) groups is 2. The Kier molecular flexibility index (Phi) is 6.31. The predicted octanol–water partition coefficient (Wildman–Crippen LogP) is 3.09. The summed E-state index contributed by atoms with van der Waals surface area (Å²) < 4.78 is 1.80. The van der Waals surface area contributed by atoms with E-state index in [0.29, 0.717) is 25.1 Å². The van der Waals surface area contributed by atoms with Crippen LogP contribution in [0.1, 0.15) is 29.4 Å². The van der Waals surface area contributed by atoms with Crippen LogP contribution < -0.4 is 5.32 Å². The van der Waals surface area contributed by atoms with Crippen LogP contribution in [0.25, 0.3) is 22.5 Å². The van der Waals surface area contributed by atoms with Crippen molar-refractivity contribution in [2.45, 2.75) is 13.3 Å². The number of hydrogen-bond acceptors (Lipinski definition) is 5. The van der Waals surface area contributed by atoms with Crippen molar-refractivity contribution >= 4 is 23.0 Å². The Balaban J connectivity index is 1.50. The molecule has 0 aliphatic heterocycles. The maximum Gasteiger partial charge on any atom is 0.251 e. The number of amides is 2. The third-order valence-corrected chi connectivity index (χ3v) is 5.64. The molecular weight excluding hydrogens is 416 g/mol. The third kappa shape index (κ3) is 4.83. The highest BCUT2D eigenvalue weighted by atomic mass is 16.2. The molecular formula is C25H24N6O2. The van der Waals surface area contributed by atoms with Crippen molar-refractivity contribution in [1.82, 2.24) is 24.8 Å². The fourth-order valence-corrected chi connectivity index (χ4v) is 3.52. The van der Waals surface area contributed by atoms with Gasteiger partial charge in [-0.25, -0.2) is 9.50 Å². The molecule has 0 fully saturated rings. The molecule has 2 aromatic heterocycles. The Bertz CT molecular complexity index is 1300.